The minimum Gasteiger partial charge on any atom is -0.219 e. The summed E-state index contributed by atoms with van der Waals surface area (Å²) in [7, 11) is -7.65. The molecule has 0 saturated heterocycles. The van der Waals surface area contributed by atoms with Crippen molar-refractivity contribution in [1.29, 1.82) is 5.26 Å². The molecule has 152 valence electrons. The van der Waals surface area contributed by atoms with Crippen molar-refractivity contribution in [3.63, 3.8) is 0 Å². The van der Waals surface area contributed by atoms with Crippen LogP contribution in [0.3, 0.4) is 0 Å². The highest BCUT2D eigenvalue weighted by Gasteiger charge is 2.32. The highest BCUT2D eigenvalue weighted by molar-refractivity contribution is 7.92. The molecular weight excluding hydrogens is 418 g/mol. The number of fused-ring (bicyclic) bond motifs is 1. The molecule has 1 aliphatic carbocycles. The van der Waals surface area contributed by atoms with Gasteiger partial charge in [0.25, 0.3) is 0 Å². The summed E-state index contributed by atoms with van der Waals surface area (Å²) < 4.78 is 53.1. The van der Waals surface area contributed by atoms with Gasteiger partial charge in [0.1, 0.15) is 0 Å². The first-order chi connectivity index (χ1) is 14.4. The van der Waals surface area contributed by atoms with Gasteiger partial charge in [0.15, 0.2) is 0 Å². The lowest BCUT2D eigenvalue weighted by atomic mass is 9.84. The zero-order chi connectivity index (χ0) is 21.4. The average molecular weight is 438 g/mol. The second-order valence-corrected chi connectivity index (χ2v) is 11.1. The molecule has 4 rings (SSSR count). The fourth-order valence-corrected chi connectivity index (χ4v) is 7.00. The minimum absolute atomic E-state index is 0.0793. The predicted octanol–water partition coefficient (Wildman–Crippen LogP) is 3.98. The molecule has 0 aromatic heterocycles. The SMILES string of the molecule is N#CC1CCc2c(S(=O)(=O)c3ccccc3)ccc(S(=O)(=O)c3ccccc3)c2C1. The first-order valence-electron chi connectivity index (χ1n) is 9.50. The van der Waals surface area contributed by atoms with E-state index in [1.807, 2.05) is 0 Å². The second kappa shape index (κ2) is 7.71. The molecule has 0 radical (unpaired) electrons. The van der Waals surface area contributed by atoms with Gasteiger partial charge in [-0.05, 0) is 66.8 Å². The largest absolute Gasteiger partial charge is 0.219 e. The van der Waals surface area contributed by atoms with Crippen LogP contribution in [0.25, 0.3) is 0 Å². The average Bonchev–Trinajstić information content (AvgIpc) is 2.79. The molecule has 5 nitrogen and oxygen atoms in total. The van der Waals surface area contributed by atoms with Crippen molar-refractivity contribution < 1.29 is 16.8 Å². The van der Waals surface area contributed by atoms with E-state index >= 15 is 0 Å². The lowest BCUT2D eigenvalue weighted by molar-refractivity contribution is 0.541. The van der Waals surface area contributed by atoms with E-state index in [9.17, 15) is 22.1 Å². The van der Waals surface area contributed by atoms with Crippen molar-refractivity contribution in [3.05, 3.63) is 83.9 Å². The summed E-state index contributed by atoms with van der Waals surface area (Å²) in [5.74, 6) is -0.350. The summed E-state index contributed by atoms with van der Waals surface area (Å²) in [6.45, 7) is 0. The highest BCUT2D eigenvalue weighted by Crippen LogP contribution is 2.38. The Morgan fingerprint density at radius 3 is 1.63 bits per heavy atom. The van der Waals surface area contributed by atoms with E-state index in [2.05, 4.69) is 6.07 Å². The van der Waals surface area contributed by atoms with Crippen LogP contribution in [0.15, 0.2) is 92.4 Å². The van der Waals surface area contributed by atoms with Gasteiger partial charge in [-0.1, -0.05) is 36.4 Å². The molecule has 1 aliphatic rings. The van der Waals surface area contributed by atoms with Crippen molar-refractivity contribution in [2.24, 2.45) is 5.92 Å². The summed E-state index contributed by atoms with van der Waals surface area (Å²) in [4.78, 5) is 0.501. The summed E-state index contributed by atoms with van der Waals surface area (Å²) in [6, 6.07) is 21.1. The number of nitrogens with zero attached hydrogens (tertiary/aromatic N) is 1. The van der Waals surface area contributed by atoms with Crippen LogP contribution >= 0.6 is 0 Å². The van der Waals surface area contributed by atoms with E-state index in [1.54, 1.807) is 36.4 Å². The van der Waals surface area contributed by atoms with Gasteiger partial charge in [-0.2, -0.15) is 5.26 Å². The fraction of sp³-hybridized carbons (Fsp3) is 0.174. The second-order valence-electron chi connectivity index (χ2n) is 7.22. The third kappa shape index (κ3) is 3.42. The van der Waals surface area contributed by atoms with Crippen molar-refractivity contribution in [2.45, 2.75) is 38.8 Å². The number of hydrogen-bond acceptors (Lipinski definition) is 5. The zero-order valence-corrected chi connectivity index (χ0v) is 17.7. The molecule has 0 N–H and O–H groups in total. The van der Waals surface area contributed by atoms with Crippen LogP contribution in [0.5, 0.6) is 0 Å². The van der Waals surface area contributed by atoms with E-state index in [0.29, 0.717) is 24.0 Å². The molecule has 1 atom stereocenters. The Morgan fingerprint density at radius 1 is 0.700 bits per heavy atom. The molecule has 3 aromatic carbocycles. The molecule has 0 spiro atoms. The molecule has 3 aromatic rings. The van der Waals surface area contributed by atoms with Crippen LogP contribution in [0.1, 0.15) is 17.5 Å². The van der Waals surface area contributed by atoms with Crippen LogP contribution in [0.2, 0.25) is 0 Å². The van der Waals surface area contributed by atoms with Crippen LogP contribution in [0, 0.1) is 17.2 Å². The van der Waals surface area contributed by atoms with Crippen LogP contribution < -0.4 is 0 Å². The minimum atomic E-state index is -3.84. The van der Waals surface area contributed by atoms with Gasteiger partial charge in [0, 0.05) is 0 Å². The molecule has 30 heavy (non-hydrogen) atoms. The Kier molecular flexibility index (Phi) is 5.22. The van der Waals surface area contributed by atoms with E-state index in [4.69, 9.17) is 0 Å². The van der Waals surface area contributed by atoms with E-state index in [1.165, 1.54) is 36.4 Å². The van der Waals surface area contributed by atoms with Gasteiger partial charge < -0.3 is 0 Å². The Balaban J connectivity index is 1.95. The molecule has 1 unspecified atom stereocenters. The zero-order valence-electron chi connectivity index (χ0n) is 16.0. The van der Waals surface area contributed by atoms with Gasteiger partial charge in [0.05, 0.1) is 31.6 Å². The molecule has 0 aliphatic heterocycles. The monoisotopic (exact) mass is 437 g/mol. The van der Waals surface area contributed by atoms with Gasteiger partial charge in [-0.15, -0.1) is 0 Å². The van der Waals surface area contributed by atoms with Crippen LogP contribution in [-0.4, -0.2) is 16.8 Å². The Morgan fingerprint density at radius 2 is 1.17 bits per heavy atom. The maximum atomic E-state index is 13.3. The quantitative estimate of drug-likeness (QED) is 0.616. The smallest absolute Gasteiger partial charge is 0.206 e. The third-order valence-corrected chi connectivity index (χ3v) is 9.12. The van der Waals surface area contributed by atoms with Crippen LogP contribution in [-0.2, 0) is 32.5 Å². The predicted molar refractivity (Wildman–Crippen MR) is 111 cm³/mol. The molecule has 0 saturated carbocycles. The molecule has 0 heterocycles. The van der Waals surface area contributed by atoms with E-state index in [-0.39, 0.29) is 31.9 Å². The highest BCUT2D eigenvalue weighted by atomic mass is 32.2. The van der Waals surface area contributed by atoms with Gasteiger partial charge >= 0.3 is 0 Å². The number of hydrogen-bond donors (Lipinski definition) is 0. The Bertz CT molecular complexity index is 1340. The molecule has 0 fully saturated rings. The van der Waals surface area contributed by atoms with Gasteiger partial charge in [-0.3, -0.25) is 0 Å². The standard InChI is InChI=1S/C23H19NO4S2/c24-16-17-11-12-20-21(15-17)23(30(27,28)19-9-5-2-6-10-19)14-13-22(20)29(25,26)18-7-3-1-4-8-18/h1-10,13-14,17H,11-12,15H2. The van der Waals surface area contributed by atoms with Crippen LogP contribution in [0.4, 0.5) is 0 Å². The third-order valence-electron chi connectivity index (χ3n) is 5.41. The molecule has 0 bridgehead atoms. The Labute approximate surface area is 176 Å². The maximum Gasteiger partial charge on any atom is 0.206 e. The van der Waals surface area contributed by atoms with E-state index in [0.717, 1.165) is 0 Å². The van der Waals surface area contributed by atoms with Crippen molar-refractivity contribution in [1.82, 2.24) is 0 Å². The molecule has 0 amide bonds. The first kappa shape index (κ1) is 20.3. The number of sulfone groups is 2. The van der Waals surface area contributed by atoms with Crippen molar-refractivity contribution in [2.75, 3.05) is 0 Å². The number of nitriles is 1. The molecule has 7 heteroatoms. The van der Waals surface area contributed by atoms with Gasteiger partial charge in [-0.25, -0.2) is 16.8 Å². The lowest BCUT2D eigenvalue weighted by Crippen LogP contribution is -2.20. The normalized spacial score (nSPS) is 16.4. The van der Waals surface area contributed by atoms with E-state index < -0.39 is 19.7 Å². The number of rotatable bonds is 4. The maximum absolute atomic E-state index is 13.3. The van der Waals surface area contributed by atoms with Crippen molar-refractivity contribution in [3.8, 4) is 6.07 Å². The molecular formula is C23H19NO4S2. The first-order valence-corrected chi connectivity index (χ1v) is 12.5. The summed E-state index contributed by atoms with van der Waals surface area (Å²) in [5.41, 5.74) is 0.941. The Hall–Kier alpha value is -2.95. The summed E-state index contributed by atoms with van der Waals surface area (Å²) in [6.07, 6.45) is 1.05. The number of benzene rings is 3. The summed E-state index contributed by atoms with van der Waals surface area (Å²) in [5, 5.41) is 9.42. The lowest BCUT2D eigenvalue weighted by Gasteiger charge is -2.25. The van der Waals surface area contributed by atoms with Gasteiger partial charge in [0.2, 0.25) is 19.7 Å². The fourth-order valence-electron chi connectivity index (χ4n) is 3.88. The van der Waals surface area contributed by atoms with Crippen molar-refractivity contribution >= 4 is 19.7 Å². The summed E-state index contributed by atoms with van der Waals surface area (Å²) >= 11 is 0. The topological polar surface area (TPSA) is 92.1 Å².